The molecule has 0 heterocycles. The van der Waals surface area contributed by atoms with Gasteiger partial charge in [-0.2, -0.15) is 5.26 Å². The van der Waals surface area contributed by atoms with E-state index in [2.05, 4.69) is 27.1 Å². The molecule has 0 spiro atoms. The molecule has 0 N–H and O–H groups in total. The quantitative estimate of drug-likeness (QED) is 0.237. The summed E-state index contributed by atoms with van der Waals surface area (Å²) < 4.78 is 6.52. The third-order valence-electron chi connectivity index (χ3n) is 4.82. The van der Waals surface area contributed by atoms with Crippen LogP contribution < -0.4 is 0 Å². The van der Waals surface area contributed by atoms with Crippen LogP contribution >= 0.6 is 0 Å². The van der Waals surface area contributed by atoms with Gasteiger partial charge < -0.3 is 9.22 Å². The van der Waals surface area contributed by atoms with Crippen LogP contribution in [0.15, 0.2) is 0 Å². The van der Waals surface area contributed by atoms with Crippen LogP contribution in [0.1, 0.15) is 90.4 Å². The van der Waals surface area contributed by atoms with Crippen molar-refractivity contribution in [3.05, 3.63) is 0 Å². The van der Waals surface area contributed by atoms with Crippen LogP contribution in [0.25, 0.3) is 0 Å². The lowest BCUT2D eigenvalue weighted by Crippen LogP contribution is -2.43. The van der Waals surface area contributed by atoms with Gasteiger partial charge in [-0.05, 0) is 12.8 Å². The first-order valence-corrected chi connectivity index (χ1v) is 10.4. The number of nitriles is 1. The van der Waals surface area contributed by atoms with Crippen molar-refractivity contribution >= 4 is 0 Å². The molecule has 0 atom stereocenters. The zero-order chi connectivity index (χ0) is 17.9. The summed E-state index contributed by atoms with van der Waals surface area (Å²) in [5.74, 6) is 0. The molecule has 0 aliphatic carbocycles. The Morgan fingerprint density at radius 1 is 0.708 bits per heavy atom. The molecule has 3 heteroatoms. The highest BCUT2D eigenvalue weighted by Crippen LogP contribution is 2.12. The Kier molecular flexibility index (Phi) is 16.8. The SMILES string of the molecule is CCCCCCCCCCCCCC[N+](C)(C)CCOCCC#N. The lowest BCUT2D eigenvalue weighted by Gasteiger charge is -2.29. The first-order valence-electron chi connectivity index (χ1n) is 10.4. The van der Waals surface area contributed by atoms with Gasteiger partial charge in [-0.3, -0.25) is 0 Å². The van der Waals surface area contributed by atoms with Crippen molar-refractivity contribution < 1.29 is 9.22 Å². The third-order valence-corrected chi connectivity index (χ3v) is 4.82. The van der Waals surface area contributed by atoms with Crippen LogP contribution in [0.3, 0.4) is 0 Å². The summed E-state index contributed by atoms with van der Waals surface area (Å²) >= 11 is 0. The number of rotatable bonds is 18. The topological polar surface area (TPSA) is 33.0 Å². The average molecular weight is 340 g/mol. The molecule has 0 saturated carbocycles. The summed E-state index contributed by atoms with van der Waals surface area (Å²) in [7, 11) is 4.57. The number of hydrogen-bond donors (Lipinski definition) is 0. The van der Waals surface area contributed by atoms with E-state index in [1.807, 2.05) is 0 Å². The summed E-state index contributed by atoms with van der Waals surface area (Å²) in [4.78, 5) is 0. The van der Waals surface area contributed by atoms with Gasteiger partial charge >= 0.3 is 0 Å². The predicted octanol–water partition coefficient (Wildman–Crippen LogP) is 5.69. The lowest BCUT2D eigenvalue weighted by molar-refractivity contribution is -0.891. The van der Waals surface area contributed by atoms with Gasteiger partial charge in [0.1, 0.15) is 6.54 Å². The molecular formula is C21H43N2O+. The highest BCUT2D eigenvalue weighted by Gasteiger charge is 2.13. The van der Waals surface area contributed by atoms with Crippen molar-refractivity contribution in [3.63, 3.8) is 0 Å². The highest BCUT2D eigenvalue weighted by atomic mass is 16.5. The van der Waals surface area contributed by atoms with Crippen molar-refractivity contribution in [2.24, 2.45) is 0 Å². The molecule has 0 aliphatic heterocycles. The fourth-order valence-electron chi connectivity index (χ4n) is 3.02. The molecule has 24 heavy (non-hydrogen) atoms. The zero-order valence-corrected chi connectivity index (χ0v) is 16.8. The van der Waals surface area contributed by atoms with Gasteiger partial charge in [0.05, 0.1) is 46.3 Å². The summed E-state index contributed by atoms with van der Waals surface area (Å²) in [6, 6.07) is 2.11. The minimum Gasteiger partial charge on any atom is -0.375 e. The Morgan fingerprint density at radius 3 is 1.71 bits per heavy atom. The number of hydrogen-bond acceptors (Lipinski definition) is 2. The van der Waals surface area contributed by atoms with Gasteiger partial charge in [0.2, 0.25) is 0 Å². The van der Waals surface area contributed by atoms with E-state index in [-0.39, 0.29) is 0 Å². The van der Waals surface area contributed by atoms with Gasteiger partial charge in [0, 0.05) is 0 Å². The molecule has 0 unspecified atom stereocenters. The van der Waals surface area contributed by atoms with Crippen LogP contribution in [0, 0.1) is 11.3 Å². The second-order valence-corrected chi connectivity index (χ2v) is 7.79. The maximum atomic E-state index is 8.47. The van der Waals surface area contributed by atoms with Gasteiger partial charge in [-0.15, -0.1) is 0 Å². The van der Waals surface area contributed by atoms with E-state index in [0.717, 1.165) is 17.6 Å². The molecule has 0 saturated heterocycles. The number of likely N-dealkylation sites (N-methyl/N-ethyl adjacent to an activating group) is 1. The Hall–Kier alpha value is -0.590. The molecule has 0 bridgehead atoms. The fraction of sp³-hybridized carbons (Fsp3) is 0.952. The van der Waals surface area contributed by atoms with Crippen LogP contribution in [-0.4, -0.2) is 44.9 Å². The normalized spacial score (nSPS) is 11.6. The van der Waals surface area contributed by atoms with E-state index in [1.54, 1.807) is 0 Å². The van der Waals surface area contributed by atoms with Crippen LogP contribution in [0.2, 0.25) is 0 Å². The van der Waals surface area contributed by atoms with Crippen molar-refractivity contribution in [3.8, 4) is 6.07 Å². The van der Waals surface area contributed by atoms with Gasteiger partial charge in [-0.1, -0.05) is 71.1 Å². The highest BCUT2D eigenvalue weighted by molar-refractivity contribution is 4.66. The third kappa shape index (κ3) is 17.8. The first-order chi connectivity index (χ1) is 11.6. The van der Waals surface area contributed by atoms with E-state index in [1.165, 1.54) is 83.6 Å². The first kappa shape index (κ1) is 23.4. The minimum atomic E-state index is 0.506. The van der Waals surface area contributed by atoms with E-state index in [4.69, 9.17) is 10.00 Å². The molecule has 0 amide bonds. The minimum absolute atomic E-state index is 0.506. The fourth-order valence-corrected chi connectivity index (χ4v) is 3.02. The molecule has 0 fully saturated rings. The van der Waals surface area contributed by atoms with Crippen LogP contribution in [-0.2, 0) is 4.74 Å². The Bertz CT molecular complexity index is 297. The number of ether oxygens (including phenoxy) is 1. The number of quaternary nitrogens is 1. The Morgan fingerprint density at radius 2 is 1.21 bits per heavy atom. The van der Waals surface area contributed by atoms with Crippen LogP contribution in [0.5, 0.6) is 0 Å². The standard InChI is InChI=1S/C21H43N2O/c1-4-5-6-7-8-9-10-11-12-13-14-15-18-23(2,3)19-21-24-20-16-17-22/h4-16,18-21H2,1-3H3/q+1. The molecule has 0 radical (unpaired) electrons. The van der Waals surface area contributed by atoms with Crippen molar-refractivity contribution in [1.29, 1.82) is 5.26 Å². The molecule has 0 aromatic carbocycles. The summed E-state index contributed by atoms with van der Waals surface area (Å²) in [5, 5.41) is 8.47. The lowest BCUT2D eigenvalue weighted by atomic mass is 10.1. The zero-order valence-electron chi connectivity index (χ0n) is 16.8. The summed E-state index contributed by atoms with van der Waals surface area (Å²) in [6.45, 7) is 5.91. The summed E-state index contributed by atoms with van der Waals surface area (Å²) in [6.07, 6.45) is 17.4. The second kappa shape index (κ2) is 17.2. The Balaban J connectivity index is 3.28. The van der Waals surface area contributed by atoms with Crippen LogP contribution in [0.4, 0.5) is 0 Å². The largest absolute Gasteiger partial charge is 0.375 e. The van der Waals surface area contributed by atoms with Crippen molar-refractivity contribution in [2.75, 3.05) is 40.4 Å². The van der Waals surface area contributed by atoms with E-state index < -0.39 is 0 Å². The molecule has 0 aromatic heterocycles. The smallest absolute Gasteiger partial charge is 0.102 e. The molecule has 3 nitrogen and oxygen atoms in total. The molecule has 142 valence electrons. The van der Waals surface area contributed by atoms with E-state index in [0.29, 0.717) is 13.0 Å². The maximum Gasteiger partial charge on any atom is 0.102 e. The van der Waals surface area contributed by atoms with Crippen molar-refractivity contribution in [1.82, 2.24) is 0 Å². The summed E-state index contributed by atoms with van der Waals surface area (Å²) in [5.41, 5.74) is 0. The van der Waals surface area contributed by atoms with Gasteiger partial charge in [0.15, 0.2) is 0 Å². The van der Waals surface area contributed by atoms with Gasteiger partial charge in [0.25, 0.3) is 0 Å². The number of nitrogens with zero attached hydrogens (tertiary/aromatic N) is 2. The molecule has 0 aromatic rings. The molecular weight excluding hydrogens is 296 g/mol. The second-order valence-electron chi connectivity index (χ2n) is 7.79. The average Bonchev–Trinajstić information content (AvgIpc) is 2.55. The van der Waals surface area contributed by atoms with Crippen molar-refractivity contribution in [2.45, 2.75) is 90.4 Å². The monoisotopic (exact) mass is 339 g/mol. The predicted molar refractivity (Wildman–Crippen MR) is 104 cm³/mol. The van der Waals surface area contributed by atoms with E-state index in [9.17, 15) is 0 Å². The van der Waals surface area contributed by atoms with E-state index >= 15 is 0 Å². The van der Waals surface area contributed by atoms with Gasteiger partial charge in [-0.25, -0.2) is 0 Å². The maximum absolute atomic E-state index is 8.47. The Labute approximate surface area is 152 Å². The number of unbranched alkanes of at least 4 members (excludes halogenated alkanes) is 11. The molecule has 0 aliphatic rings. The molecule has 0 rings (SSSR count).